The Hall–Kier alpha value is -1.40. The van der Waals surface area contributed by atoms with E-state index < -0.39 is 23.1 Å². The molecule has 1 unspecified atom stereocenters. The molecule has 0 aliphatic carbocycles. The number of carbonyl (C=O) groups excluding carboxylic acids is 1. The molecule has 0 saturated heterocycles. The zero-order chi connectivity index (χ0) is 15.3. The fourth-order valence-corrected chi connectivity index (χ4v) is 1.52. The standard InChI is InChI=1S/C14H20F2N2O2.ClH/c1-9(2)14(3,8-17)18-13(19)7-20-12-5-4-10(15)6-11(12)16;/h4-6,9H,7-8,17H2,1-3H3,(H,18,19);1H. The lowest BCUT2D eigenvalue weighted by Crippen LogP contribution is -2.56. The molecule has 0 aromatic heterocycles. The maximum absolute atomic E-state index is 13.3. The summed E-state index contributed by atoms with van der Waals surface area (Å²) in [6.07, 6.45) is 0. The van der Waals surface area contributed by atoms with Crippen LogP contribution < -0.4 is 15.8 Å². The Bertz CT molecular complexity index is 486. The van der Waals surface area contributed by atoms with Crippen LogP contribution in [0.25, 0.3) is 0 Å². The summed E-state index contributed by atoms with van der Waals surface area (Å²) < 4.78 is 31.1. The Morgan fingerprint density at radius 3 is 2.52 bits per heavy atom. The van der Waals surface area contributed by atoms with Gasteiger partial charge in [0.2, 0.25) is 0 Å². The second-order valence-electron chi connectivity index (χ2n) is 5.19. The summed E-state index contributed by atoms with van der Waals surface area (Å²) in [4.78, 5) is 11.8. The van der Waals surface area contributed by atoms with Crippen molar-refractivity contribution in [1.82, 2.24) is 5.32 Å². The minimum Gasteiger partial charge on any atom is -0.481 e. The molecule has 1 aromatic rings. The molecule has 1 rings (SSSR count). The SMILES string of the molecule is CC(C)C(C)(CN)NC(=O)COc1ccc(F)cc1F.Cl. The quantitative estimate of drug-likeness (QED) is 0.844. The van der Waals surface area contributed by atoms with E-state index in [-0.39, 0.29) is 37.2 Å². The van der Waals surface area contributed by atoms with E-state index in [1.54, 1.807) is 0 Å². The van der Waals surface area contributed by atoms with Crippen LogP contribution in [-0.2, 0) is 4.79 Å². The highest BCUT2D eigenvalue weighted by Gasteiger charge is 2.28. The van der Waals surface area contributed by atoms with Gasteiger partial charge < -0.3 is 15.8 Å². The first-order valence-corrected chi connectivity index (χ1v) is 6.37. The Morgan fingerprint density at radius 1 is 1.43 bits per heavy atom. The van der Waals surface area contributed by atoms with Crippen LogP contribution in [0.5, 0.6) is 5.75 Å². The highest BCUT2D eigenvalue weighted by molar-refractivity contribution is 5.85. The summed E-state index contributed by atoms with van der Waals surface area (Å²) in [7, 11) is 0. The minimum atomic E-state index is -0.844. The molecule has 1 atom stereocenters. The Kier molecular flexibility index (Phi) is 7.60. The number of hydrogen-bond donors (Lipinski definition) is 2. The summed E-state index contributed by atoms with van der Waals surface area (Å²) in [5.74, 6) is -1.98. The van der Waals surface area contributed by atoms with Gasteiger partial charge in [-0.05, 0) is 25.0 Å². The maximum Gasteiger partial charge on any atom is 0.258 e. The first-order chi connectivity index (χ1) is 9.28. The maximum atomic E-state index is 13.3. The molecule has 0 saturated carbocycles. The van der Waals surface area contributed by atoms with Crippen LogP contribution >= 0.6 is 12.4 Å². The Labute approximate surface area is 129 Å². The van der Waals surface area contributed by atoms with Gasteiger partial charge in [-0.25, -0.2) is 8.78 Å². The van der Waals surface area contributed by atoms with Crippen LogP contribution in [0.3, 0.4) is 0 Å². The van der Waals surface area contributed by atoms with Crippen LogP contribution in [-0.4, -0.2) is 24.6 Å². The topological polar surface area (TPSA) is 64.3 Å². The van der Waals surface area contributed by atoms with Crippen molar-refractivity contribution in [2.24, 2.45) is 11.7 Å². The number of hydrogen-bond acceptors (Lipinski definition) is 3. The van der Waals surface area contributed by atoms with Crippen LogP contribution in [0.1, 0.15) is 20.8 Å². The molecule has 0 aliphatic rings. The van der Waals surface area contributed by atoms with E-state index in [1.165, 1.54) is 0 Å². The molecule has 0 radical (unpaired) electrons. The molecular weight excluding hydrogens is 302 g/mol. The fraction of sp³-hybridized carbons (Fsp3) is 0.500. The predicted molar refractivity (Wildman–Crippen MR) is 79.5 cm³/mol. The number of nitrogens with one attached hydrogen (secondary N) is 1. The molecular formula is C14H21ClF2N2O2. The van der Waals surface area contributed by atoms with Gasteiger partial charge >= 0.3 is 0 Å². The average molecular weight is 323 g/mol. The third-order valence-electron chi connectivity index (χ3n) is 3.38. The van der Waals surface area contributed by atoms with Crippen molar-refractivity contribution in [3.05, 3.63) is 29.8 Å². The number of carbonyl (C=O) groups is 1. The van der Waals surface area contributed by atoms with Crippen molar-refractivity contribution < 1.29 is 18.3 Å². The number of nitrogens with two attached hydrogens (primary N) is 1. The van der Waals surface area contributed by atoms with Gasteiger partial charge in [0.05, 0.1) is 5.54 Å². The van der Waals surface area contributed by atoms with Gasteiger partial charge in [0.15, 0.2) is 18.2 Å². The number of amides is 1. The first-order valence-electron chi connectivity index (χ1n) is 6.37. The van der Waals surface area contributed by atoms with E-state index in [9.17, 15) is 13.6 Å². The number of rotatable bonds is 6. The van der Waals surface area contributed by atoms with Crippen molar-refractivity contribution in [2.45, 2.75) is 26.3 Å². The second-order valence-corrected chi connectivity index (χ2v) is 5.19. The lowest BCUT2D eigenvalue weighted by molar-refractivity contribution is -0.125. The number of halogens is 3. The Balaban J connectivity index is 0.00000400. The van der Waals surface area contributed by atoms with Crippen LogP contribution in [0.2, 0.25) is 0 Å². The van der Waals surface area contributed by atoms with Gasteiger partial charge in [-0.3, -0.25) is 4.79 Å². The van der Waals surface area contributed by atoms with Gasteiger partial charge in [0, 0.05) is 12.6 Å². The van der Waals surface area contributed by atoms with Crippen molar-refractivity contribution in [3.63, 3.8) is 0 Å². The third kappa shape index (κ3) is 5.47. The summed E-state index contributed by atoms with van der Waals surface area (Å²) >= 11 is 0. The molecule has 1 aromatic carbocycles. The summed E-state index contributed by atoms with van der Waals surface area (Å²) in [5.41, 5.74) is 5.09. The van der Waals surface area contributed by atoms with E-state index in [4.69, 9.17) is 10.5 Å². The molecule has 7 heteroatoms. The molecule has 120 valence electrons. The second kappa shape index (κ2) is 8.14. The highest BCUT2D eigenvalue weighted by atomic mass is 35.5. The molecule has 4 nitrogen and oxygen atoms in total. The van der Waals surface area contributed by atoms with Crippen LogP contribution in [0.4, 0.5) is 8.78 Å². The van der Waals surface area contributed by atoms with E-state index in [0.717, 1.165) is 12.1 Å². The summed E-state index contributed by atoms with van der Waals surface area (Å²) in [5, 5.41) is 2.76. The fourth-order valence-electron chi connectivity index (χ4n) is 1.52. The predicted octanol–water partition coefficient (Wildman–Crippen LogP) is 2.26. The van der Waals surface area contributed by atoms with Crippen LogP contribution in [0, 0.1) is 17.6 Å². The number of benzene rings is 1. The lowest BCUT2D eigenvalue weighted by atomic mass is 9.88. The zero-order valence-electron chi connectivity index (χ0n) is 12.3. The molecule has 21 heavy (non-hydrogen) atoms. The van der Waals surface area contributed by atoms with Crippen molar-refractivity contribution >= 4 is 18.3 Å². The van der Waals surface area contributed by atoms with Crippen molar-refractivity contribution in [1.29, 1.82) is 0 Å². The minimum absolute atomic E-state index is 0. The molecule has 0 fully saturated rings. The van der Waals surface area contributed by atoms with Crippen molar-refractivity contribution in [3.8, 4) is 5.75 Å². The average Bonchev–Trinajstić information content (AvgIpc) is 2.37. The summed E-state index contributed by atoms with van der Waals surface area (Å²) in [6, 6.07) is 2.91. The molecule has 3 N–H and O–H groups in total. The summed E-state index contributed by atoms with van der Waals surface area (Å²) in [6.45, 7) is 5.63. The highest BCUT2D eigenvalue weighted by Crippen LogP contribution is 2.18. The molecule has 0 heterocycles. The third-order valence-corrected chi connectivity index (χ3v) is 3.38. The molecule has 0 aliphatic heterocycles. The van der Waals surface area contributed by atoms with Gasteiger partial charge in [0.25, 0.3) is 5.91 Å². The molecule has 0 bridgehead atoms. The van der Waals surface area contributed by atoms with Crippen LogP contribution in [0.15, 0.2) is 18.2 Å². The van der Waals surface area contributed by atoms with Gasteiger partial charge in [-0.2, -0.15) is 0 Å². The van der Waals surface area contributed by atoms with E-state index in [2.05, 4.69) is 5.32 Å². The van der Waals surface area contributed by atoms with Gasteiger partial charge in [-0.1, -0.05) is 13.8 Å². The molecule has 0 spiro atoms. The first kappa shape index (κ1) is 19.6. The monoisotopic (exact) mass is 322 g/mol. The van der Waals surface area contributed by atoms with Gasteiger partial charge in [0.1, 0.15) is 5.82 Å². The normalized spacial score (nSPS) is 13.3. The zero-order valence-corrected chi connectivity index (χ0v) is 13.1. The van der Waals surface area contributed by atoms with E-state index in [0.29, 0.717) is 6.07 Å². The Morgan fingerprint density at radius 2 is 2.05 bits per heavy atom. The smallest absolute Gasteiger partial charge is 0.258 e. The lowest BCUT2D eigenvalue weighted by Gasteiger charge is -2.33. The van der Waals surface area contributed by atoms with E-state index >= 15 is 0 Å². The van der Waals surface area contributed by atoms with Crippen molar-refractivity contribution in [2.75, 3.05) is 13.2 Å². The van der Waals surface area contributed by atoms with Gasteiger partial charge in [-0.15, -0.1) is 12.4 Å². The largest absolute Gasteiger partial charge is 0.481 e. The van der Waals surface area contributed by atoms with E-state index in [1.807, 2.05) is 20.8 Å². The molecule has 1 amide bonds. The number of ether oxygens (including phenoxy) is 1.